The monoisotopic (exact) mass is 450 g/mol. The maximum absolute atomic E-state index is 6.55. The molecule has 0 aliphatic heterocycles. The van der Waals surface area contributed by atoms with Gasteiger partial charge in [0.2, 0.25) is 6.29 Å². The van der Waals surface area contributed by atoms with Crippen LogP contribution in [-0.4, -0.2) is 12.4 Å². The van der Waals surface area contributed by atoms with E-state index in [1.165, 1.54) is 36.0 Å². The Labute approximate surface area is 203 Å². The minimum atomic E-state index is -0.236. The first kappa shape index (κ1) is 25.8. The average Bonchev–Trinajstić information content (AvgIpc) is 3.16. The molecule has 3 rings (SSSR count). The summed E-state index contributed by atoms with van der Waals surface area (Å²) in [5.41, 5.74) is 4.40. The van der Waals surface area contributed by atoms with Crippen molar-refractivity contribution in [2.75, 3.05) is 0 Å². The van der Waals surface area contributed by atoms with Gasteiger partial charge >= 0.3 is 0 Å². The number of fused-ring (bicyclic) bond motifs is 1. The molecule has 0 aromatic heterocycles. The highest BCUT2D eigenvalue weighted by atomic mass is 16.7. The van der Waals surface area contributed by atoms with Crippen LogP contribution in [0.2, 0.25) is 0 Å². The molecule has 1 aliphatic carbocycles. The number of hydrogen-bond acceptors (Lipinski definition) is 2. The van der Waals surface area contributed by atoms with Gasteiger partial charge in [-0.25, -0.2) is 0 Å². The highest BCUT2D eigenvalue weighted by Gasteiger charge is 2.28. The Balaban J connectivity index is 1.68. The fraction of sp³-hybridized carbons (Fsp3) is 0.613. The summed E-state index contributed by atoms with van der Waals surface area (Å²) < 4.78 is 13.0. The van der Waals surface area contributed by atoms with Gasteiger partial charge in [0.25, 0.3) is 0 Å². The first-order valence-electron chi connectivity index (χ1n) is 13.2. The summed E-state index contributed by atoms with van der Waals surface area (Å²) in [5.74, 6) is 2.95. The second kappa shape index (κ2) is 11.6. The van der Waals surface area contributed by atoms with E-state index in [0.29, 0.717) is 11.8 Å². The molecular formula is C31H46O2. The van der Waals surface area contributed by atoms with Crippen molar-refractivity contribution in [3.63, 3.8) is 0 Å². The predicted octanol–water partition coefficient (Wildman–Crippen LogP) is 8.58. The Morgan fingerprint density at radius 2 is 1.45 bits per heavy atom. The van der Waals surface area contributed by atoms with Crippen LogP contribution >= 0.6 is 0 Å². The smallest absolute Gasteiger partial charge is 0.200 e. The molecule has 2 nitrogen and oxygen atoms in total. The van der Waals surface area contributed by atoms with E-state index in [0.717, 1.165) is 30.9 Å². The maximum atomic E-state index is 6.55. The minimum absolute atomic E-state index is 0.133. The van der Waals surface area contributed by atoms with Gasteiger partial charge in [0, 0.05) is 6.42 Å². The van der Waals surface area contributed by atoms with Crippen LogP contribution in [-0.2, 0) is 17.6 Å². The van der Waals surface area contributed by atoms with Gasteiger partial charge in [-0.1, -0.05) is 97.7 Å². The highest BCUT2D eigenvalue weighted by molar-refractivity contribution is 5.33. The molecule has 2 heteroatoms. The molecule has 0 heterocycles. The fourth-order valence-corrected chi connectivity index (χ4v) is 5.17. The summed E-state index contributed by atoms with van der Waals surface area (Å²) in [6, 6.07) is 17.6. The van der Waals surface area contributed by atoms with Crippen molar-refractivity contribution in [3.05, 3.63) is 65.2 Å². The molecule has 0 saturated heterocycles. The lowest BCUT2D eigenvalue weighted by molar-refractivity contribution is -0.131. The Morgan fingerprint density at radius 3 is 1.94 bits per heavy atom. The lowest BCUT2D eigenvalue weighted by atomic mass is 9.80. The summed E-state index contributed by atoms with van der Waals surface area (Å²) >= 11 is 0. The normalized spacial score (nSPS) is 16.3. The molecule has 0 spiro atoms. The second-order valence-electron chi connectivity index (χ2n) is 11.6. The van der Waals surface area contributed by atoms with E-state index < -0.39 is 0 Å². The summed E-state index contributed by atoms with van der Waals surface area (Å²) in [6.45, 7) is 16.1. The molecule has 0 N–H and O–H groups in total. The van der Waals surface area contributed by atoms with Gasteiger partial charge in [0.15, 0.2) is 0 Å². The third-order valence-corrected chi connectivity index (χ3v) is 7.26. The van der Waals surface area contributed by atoms with E-state index >= 15 is 0 Å². The third-order valence-electron chi connectivity index (χ3n) is 7.26. The highest BCUT2D eigenvalue weighted by Crippen LogP contribution is 2.35. The Hall–Kier alpha value is -1.80. The Morgan fingerprint density at radius 1 is 0.879 bits per heavy atom. The predicted molar refractivity (Wildman–Crippen MR) is 140 cm³/mol. The van der Waals surface area contributed by atoms with E-state index in [-0.39, 0.29) is 17.8 Å². The third kappa shape index (κ3) is 7.60. The molecule has 0 saturated carbocycles. The zero-order valence-corrected chi connectivity index (χ0v) is 22.1. The summed E-state index contributed by atoms with van der Waals surface area (Å²) in [5, 5.41) is 0. The van der Waals surface area contributed by atoms with Crippen molar-refractivity contribution in [1.29, 1.82) is 0 Å². The van der Waals surface area contributed by atoms with Crippen molar-refractivity contribution < 1.29 is 9.47 Å². The van der Waals surface area contributed by atoms with Gasteiger partial charge in [0.05, 0.1) is 6.10 Å². The molecule has 182 valence electrons. The number of benzene rings is 2. The molecule has 0 amide bonds. The Kier molecular flexibility index (Phi) is 9.04. The van der Waals surface area contributed by atoms with Gasteiger partial charge in [-0.3, -0.25) is 0 Å². The molecule has 2 aromatic carbocycles. The minimum Gasteiger partial charge on any atom is -0.465 e. The molecule has 1 aliphatic rings. The van der Waals surface area contributed by atoms with Crippen LogP contribution in [0, 0.1) is 17.3 Å². The molecule has 2 aromatic rings. The second-order valence-corrected chi connectivity index (χ2v) is 11.6. The van der Waals surface area contributed by atoms with Gasteiger partial charge in [-0.05, 0) is 71.3 Å². The van der Waals surface area contributed by atoms with Crippen molar-refractivity contribution >= 4 is 0 Å². The summed E-state index contributed by atoms with van der Waals surface area (Å²) in [6.07, 6.45) is 6.57. The van der Waals surface area contributed by atoms with Gasteiger partial charge < -0.3 is 9.47 Å². The lowest BCUT2D eigenvalue weighted by Crippen LogP contribution is -2.31. The lowest BCUT2D eigenvalue weighted by Gasteiger charge is -2.29. The first-order chi connectivity index (χ1) is 15.7. The first-order valence-corrected chi connectivity index (χ1v) is 13.2. The molecule has 2 unspecified atom stereocenters. The van der Waals surface area contributed by atoms with Crippen molar-refractivity contribution in [3.8, 4) is 5.75 Å². The molecule has 33 heavy (non-hydrogen) atoms. The standard InChI is InChI=1S/C31H46O2/c1-8-23(9-2)18-29(22(3)4)24-14-16-27(17-15-24)32-30(21-31(5,6)7)33-28-19-25-12-10-11-13-26(25)20-28/h10-17,22-23,28-30H,8-9,18-21H2,1-7H3. The van der Waals surface area contributed by atoms with Crippen LogP contribution in [0.15, 0.2) is 48.5 Å². The maximum Gasteiger partial charge on any atom is 0.200 e. The van der Waals surface area contributed by atoms with Gasteiger partial charge in [-0.2, -0.15) is 0 Å². The summed E-state index contributed by atoms with van der Waals surface area (Å²) in [7, 11) is 0. The zero-order chi connectivity index (χ0) is 24.0. The fourth-order valence-electron chi connectivity index (χ4n) is 5.17. The Bertz CT molecular complexity index is 817. The van der Waals surface area contributed by atoms with Gasteiger partial charge in [-0.15, -0.1) is 0 Å². The van der Waals surface area contributed by atoms with E-state index in [9.17, 15) is 0 Å². The molecule has 2 atom stereocenters. The quantitative estimate of drug-likeness (QED) is 0.319. The molecule has 0 bridgehead atoms. The van der Waals surface area contributed by atoms with Gasteiger partial charge in [0.1, 0.15) is 5.75 Å². The van der Waals surface area contributed by atoms with Crippen LogP contribution in [0.4, 0.5) is 0 Å². The van der Waals surface area contributed by atoms with Crippen molar-refractivity contribution in [1.82, 2.24) is 0 Å². The molecule has 0 fully saturated rings. The topological polar surface area (TPSA) is 18.5 Å². The number of ether oxygens (including phenoxy) is 2. The van der Waals surface area contributed by atoms with E-state index in [4.69, 9.17) is 9.47 Å². The largest absolute Gasteiger partial charge is 0.465 e. The number of hydrogen-bond donors (Lipinski definition) is 0. The average molecular weight is 451 g/mol. The van der Waals surface area contributed by atoms with E-state index in [1.807, 2.05) is 0 Å². The van der Waals surface area contributed by atoms with Crippen LogP contribution in [0.25, 0.3) is 0 Å². The van der Waals surface area contributed by atoms with Crippen molar-refractivity contribution in [2.24, 2.45) is 17.3 Å². The molecular weight excluding hydrogens is 404 g/mol. The van der Waals surface area contributed by atoms with E-state index in [1.54, 1.807) is 0 Å². The van der Waals surface area contributed by atoms with E-state index in [2.05, 4.69) is 97.0 Å². The van der Waals surface area contributed by atoms with Crippen LogP contribution in [0.3, 0.4) is 0 Å². The van der Waals surface area contributed by atoms with Crippen LogP contribution < -0.4 is 4.74 Å². The van der Waals surface area contributed by atoms with Crippen LogP contribution in [0.1, 0.15) is 96.8 Å². The van der Waals surface area contributed by atoms with Crippen molar-refractivity contribution in [2.45, 2.75) is 105 Å². The zero-order valence-electron chi connectivity index (χ0n) is 22.1. The summed E-state index contributed by atoms with van der Waals surface area (Å²) in [4.78, 5) is 0. The SMILES string of the molecule is CCC(CC)CC(c1ccc(OC(CC(C)(C)C)OC2Cc3ccccc3C2)cc1)C(C)C. The molecule has 0 radical (unpaired) electrons. The van der Waals surface area contributed by atoms with Crippen LogP contribution in [0.5, 0.6) is 5.75 Å². The number of rotatable bonds is 11.